The maximum absolute atomic E-state index is 8.94. The third-order valence-electron chi connectivity index (χ3n) is 2.43. The van der Waals surface area contributed by atoms with Crippen molar-refractivity contribution in [3.05, 3.63) is 34.2 Å². The van der Waals surface area contributed by atoms with Crippen molar-refractivity contribution in [1.82, 2.24) is 5.01 Å². The molecule has 4 nitrogen and oxygen atoms in total. The van der Waals surface area contributed by atoms with Crippen molar-refractivity contribution < 1.29 is 9.84 Å². The summed E-state index contributed by atoms with van der Waals surface area (Å²) in [5, 5.41) is 14.6. The summed E-state index contributed by atoms with van der Waals surface area (Å²) in [4.78, 5) is 1.04. The van der Waals surface area contributed by atoms with Crippen LogP contribution in [0.1, 0.15) is 48.5 Å². The van der Waals surface area contributed by atoms with Crippen LogP contribution in [0.3, 0.4) is 0 Å². The molecule has 0 amide bonds. The van der Waals surface area contributed by atoms with E-state index < -0.39 is 0 Å². The molecule has 0 atom stereocenters. The standard InChI is InChI=1S/C15H24N2O2S.C2H6/c1-11(2)12-9-14(20-15(3,4)5)13(19-8-7-18)10-17(12)16-6;1-2/h9-10,18H,6-8H2,1-5H3;1-2H3. The maximum atomic E-state index is 8.94. The predicted molar refractivity (Wildman–Crippen MR) is 97.7 cm³/mol. The quantitative estimate of drug-likeness (QED) is 0.755. The van der Waals surface area contributed by atoms with Crippen LogP contribution in [-0.2, 0) is 4.74 Å². The smallest absolute Gasteiger partial charge is 0.151 e. The number of aliphatic hydroxyl groups excluding tert-OH is 1. The molecule has 0 fully saturated rings. The molecule has 1 N–H and O–H groups in total. The Bertz CT molecular complexity index is 456. The highest BCUT2D eigenvalue weighted by atomic mass is 32.2. The predicted octanol–water partition coefficient (Wildman–Crippen LogP) is 4.50. The molecule has 0 radical (unpaired) electrons. The van der Waals surface area contributed by atoms with Crippen molar-refractivity contribution in [2.45, 2.75) is 53.2 Å². The average molecular weight is 327 g/mol. The van der Waals surface area contributed by atoms with E-state index in [2.05, 4.69) is 38.7 Å². The molecular weight excluding hydrogens is 296 g/mol. The third-order valence-corrected chi connectivity index (χ3v) is 3.58. The summed E-state index contributed by atoms with van der Waals surface area (Å²) in [7, 11) is 0. The summed E-state index contributed by atoms with van der Waals surface area (Å²) >= 11 is 1.73. The molecule has 0 spiro atoms. The van der Waals surface area contributed by atoms with E-state index in [1.54, 1.807) is 16.8 Å². The molecule has 1 aliphatic heterocycles. The third kappa shape index (κ3) is 6.71. The summed E-state index contributed by atoms with van der Waals surface area (Å²) < 4.78 is 5.69. The highest BCUT2D eigenvalue weighted by Gasteiger charge is 2.23. The minimum atomic E-state index is -0.0121. The van der Waals surface area contributed by atoms with E-state index in [0.29, 0.717) is 0 Å². The highest BCUT2D eigenvalue weighted by Crippen LogP contribution is 2.39. The van der Waals surface area contributed by atoms with Crippen LogP contribution in [0, 0.1) is 0 Å². The van der Waals surface area contributed by atoms with Crippen LogP contribution in [0.15, 0.2) is 39.3 Å². The van der Waals surface area contributed by atoms with Crippen molar-refractivity contribution >= 4 is 18.5 Å². The molecule has 22 heavy (non-hydrogen) atoms. The molecule has 126 valence electrons. The van der Waals surface area contributed by atoms with Gasteiger partial charge in [-0.1, -0.05) is 40.2 Å². The minimum absolute atomic E-state index is 0.0121. The first-order valence-corrected chi connectivity index (χ1v) is 8.40. The highest BCUT2D eigenvalue weighted by molar-refractivity contribution is 8.04. The van der Waals surface area contributed by atoms with Gasteiger partial charge in [0.05, 0.1) is 23.4 Å². The summed E-state index contributed by atoms with van der Waals surface area (Å²) in [5.74, 6) is 0.719. The molecule has 0 aromatic heterocycles. The number of hydrogen-bond acceptors (Lipinski definition) is 5. The van der Waals surface area contributed by atoms with Crippen LogP contribution in [0.4, 0.5) is 0 Å². The Balaban J connectivity index is 0.00000211. The molecule has 0 aromatic rings. The molecule has 1 aliphatic rings. The zero-order valence-electron chi connectivity index (χ0n) is 14.9. The second-order valence-electron chi connectivity index (χ2n) is 5.66. The van der Waals surface area contributed by atoms with E-state index >= 15 is 0 Å². The molecule has 0 unspecified atom stereocenters. The molecule has 1 heterocycles. The van der Waals surface area contributed by atoms with E-state index in [-0.39, 0.29) is 18.0 Å². The number of aliphatic hydroxyl groups is 1. The molecular formula is C17H30N2O2S. The van der Waals surface area contributed by atoms with Crippen molar-refractivity contribution in [2.75, 3.05) is 13.2 Å². The number of nitrogens with zero attached hydrogens (tertiary/aromatic N) is 2. The normalized spacial score (nSPS) is 14.5. The summed E-state index contributed by atoms with van der Waals surface area (Å²) in [6.45, 7) is 18.4. The van der Waals surface area contributed by atoms with E-state index in [1.807, 2.05) is 33.9 Å². The monoisotopic (exact) mass is 326 g/mol. The van der Waals surface area contributed by atoms with Gasteiger partial charge in [-0.3, -0.25) is 0 Å². The second-order valence-corrected chi connectivity index (χ2v) is 7.53. The Morgan fingerprint density at radius 3 is 2.36 bits per heavy atom. The maximum Gasteiger partial charge on any atom is 0.151 e. The zero-order chi connectivity index (χ0) is 17.3. The van der Waals surface area contributed by atoms with Gasteiger partial charge in [-0.15, -0.1) is 11.8 Å². The second kappa shape index (κ2) is 9.74. The topological polar surface area (TPSA) is 45.1 Å². The molecule has 1 rings (SSSR count). The van der Waals surface area contributed by atoms with Gasteiger partial charge in [0, 0.05) is 11.5 Å². The number of ether oxygens (including phenoxy) is 1. The largest absolute Gasteiger partial charge is 0.488 e. The van der Waals surface area contributed by atoms with Crippen LogP contribution < -0.4 is 0 Å². The van der Waals surface area contributed by atoms with Gasteiger partial charge in [-0.2, -0.15) is 5.10 Å². The van der Waals surface area contributed by atoms with Gasteiger partial charge in [-0.25, -0.2) is 5.01 Å². The summed E-state index contributed by atoms with van der Waals surface area (Å²) in [5.41, 5.74) is 2.16. The number of hydrazone groups is 1. The lowest BCUT2D eigenvalue weighted by Gasteiger charge is -2.28. The number of thioether (sulfide) groups is 1. The SMILES string of the molecule is C=NN1C=C(OCCO)C(SC(C)(C)C)=CC1=C(C)C.CC. The first-order chi connectivity index (χ1) is 10.3. The molecule has 0 aromatic carbocycles. The minimum Gasteiger partial charge on any atom is -0.488 e. The Morgan fingerprint density at radius 1 is 1.36 bits per heavy atom. The van der Waals surface area contributed by atoms with E-state index in [1.165, 1.54) is 0 Å². The first-order valence-electron chi connectivity index (χ1n) is 7.58. The van der Waals surface area contributed by atoms with E-state index in [0.717, 1.165) is 21.9 Å². The first kappa shape index (κ1) is 20.8. The Labute approximate surface area is 139 Å². The van der Waals surface area contributed by atoms with Crippen LogP contribution in [0.2, 0.25) is 0 Å². The average Bonchev–Trinajstić information content (AvgIpc) is 2.45. The summed E-state index contributed by atoms with van der Waals surface area (Å²) in [6.07, 6.45) is 3.88. The Hall–Kier alpha value is -1.20. The fourth-order valence-corrected chi connectivity index (χ4v) is 2.71. The Kier molecular flexibility index (Phi) is 9.21. The molecule has 0 saturated heterocycles. The fourth-order valence-electron chi connectivity index (χ4n) is 1.67. The fraction of sp³-hybridized carbons (Fsp3) is 0.588. The van der Waals surface area contributed by atoms with Gasteiger partial charge >= 0.3 is 0 Å². The van der Waals surface area contributed by atoms with Crippen molar-refractivity contribution in [1.29, 1.82) is 0 Å². The summed E-state index contributed by atoms with van der Waals surface area (Å²) in [6, 6.07) is 0. The van der Waals surface area contributed by atoms with Gasteiger partial charge in [-0.05, 0) is 19.9 Å². The van der Waals surface area contributed by atoms with Crippen molar-refractivity contribution in [3.63, 3.8) is 0 Å². The van der Waals surface area contributed by atoms with E-state index in [4.69, 9.17) is 9.84 Å². The van der Waals surface area contributed by atoms with Gasteiger partial charge in [0.2, 0.25) is 0 Å². The lowest BCUT2D eigenvalue weighted by atomic mass is 10.2. The van der Waals surface area contributed by atoms with Gasteiger partial charge in [0.1, 0.15) is 6.61 Å². The zero-order valence-corrected chi connectivity index (χ0v) is 15.8. The lowest BCUT2D eigenvalue weighted by Crippen LogP contribution is -2.18. The van der Waals surface area contributed by atoms with Gasteiger partial charge < -0.3 is 9.84 Å². The Morgan fingerprint density at radius 2 is 1.95 bits per heavy atom. The van der Waals surface area contributed by atoms with Crippen molar-refractivity contribution in [2.24, 2.45) is 5.10 Å². The van der Waals surface area contributed by atoms with E-state index in [9.17, 15) is 0 Å². The molecule has 0 aliphatic carbocycles. The van der Waals surface area contributed by atoms with Crippen LogP contribution >= 0.6 is 11.8 Å². The number of hydrogen-bond donors (Lipinski definition) is 1. The van der Waals surface area contributed by atoms with Gasteiger partial charge in [0.15, 0.2) is 5.76 Å². The molecule has 0 saturated carbocycles. The van der Waals surface area contributed by atoms with Gasteiger partial charge in [0.25, 0.3) is 0 Å². The van der Waals surface area contributed by atoms with Crippen molar-refractivity contribution in [3.8, 4) is 0 Å². The number of rotatable bonds is 5. The van der Waals surface area contributed by atoms with Crippen LogP contribution in [0.25, 0.3) is 0 Å². The lowest BCUT2D eigenvalue weighted by molar-refractivity contribution is 0.147. The molecule has 0 bridgehead atoms. The van der Waals surface area contributed by atoms with Crippen LogP contribution in [0.5, 0.6) is 0 Å². The van der Waals surface area contributed by atoms with Crippen LogP contribution in [-0.4, -0.2) is 34.8 Å². The number of allylic oxidation sites excluding steroid dienone is 2. The molecule has 5 heteroatoms.